The normalized spacial score (nSPS) is 29.3. The van der Waals surface area contributed by atoms with Gasteiger partial charge in [-0.25, -0.2) is 0 Å². The fourth-order valence-corrected chi connectivity index (χ4v) is 3.03. The van der Waals surface area contributed by atoms with Crippen molar-refractivity contribution in [2.24, 2.45) is 0 Å². The molecule has 0 radical (unpaired) electrons. The first-order valence-electron chi connectivity index (χ1n) is 7.53. The van der Waals surface area contributed by atoms with Crippen molar-refractivity contribution in [3.63, 3.8) is 0 Å². The Morgan fingerprint density at radius 2 is 1.44 bits per heavy atom. The lowest BCUT2D eigenvalue weighted by Gasteiger charge is -2.45. The zero-order valence-electron chi connectivity index (χ0n) is 12.5. The van der Waals surface area contributed by atoms with Crippen LogP contribution >= 0.6 is 0 Å². The Balaban J connectivity index is 1.82. The van der Waals surface area contributed by atoms with E-state index in [0.717, 1.165) is 6.54 Å². The first-order valence-corrected chi connectivity index (χ1v) is 7.53. The third kappa shape index (κ3) is 3.44. The number of hydrogen-bond acceptors (Lipinski definition) is 4. The molecule has 2 aliphatic heterocycles. The Morgan fingerprint density at radius 1 is 0.833 bits per heavy atom. The van der Waals surface area contributed by atoms with Crippen molar-refractivity contribution in [1.82, 2.24) is 20.0 Å². The summed E-state index contributed by atoms with van der Waals surface area (Å²) in [7, 11) is 0. The van der Waals surface area contributed by atoms with Gasteiger partial charge in [0.05, 0.1) is 6.17 Å². The molecule has 0 bridgehead atoms. The Morgan fingerprint density at radius 3 is 2.00 bits per heavy atom. The van der Waals surface area contributed by atoms with Crippen LogP contribution in [0.5, 0.6) is 0 Å². The van der Waals surface area contributed by atoms with Crippen LogP contribution in [0.2, 0.25) is 0 Å². The minimum Gasteiger partial charge on any atom is -0.299 e. The highest BCUT2D eigenvalue weighted by Crippen LogP contribution is 2.12. The van der Waals surface area contributed by atoms with E-state index in [1.54, 1.807) is 0 Å². The average Bonchev–Trinajstić information content (AvgIpc) is 2.39. The van der Waals surface area contributed by atoms with Gasteiger partial charge in [0.25, 0.3) is 0 Å². The Kier molecular flexibility index (Phi) is 5.01. The van der Waals surface area contributed by atoms with E-state index in [2.05, 4.69) is 47.7 Å². The van der Waals surface area contributed by atoms with Gasteiger partial charge < -0.3 is 0 Å². The van der Waals surface area contributed by atoms with Gasteiger partial charge in [-0.3, -0.25) is 20.0 Å². The van der Waals surface area contributed by atoms with Crippen LogP contribution in [0.15, 0.2) is 0 Å². The first kappa shape index (κ1) is 14.3. The molecule has 0 aromatic heterocycles. The fraction of sp³-hybridized carbons (Fsp3) is 1.00. The SMILES string of the molecule is CC(C)N1CCN(C2CN(C(C)C)CCN2)CC1. The highest BCUT2D eigenvalue weighted by Gasteiger charge is 2.28. The molecule has 0 amide bonds. The lowest BCUT2D eigenvalue weighted by atomic mass is 10.2. The number of piperazine rings is 2. The van der Waals surface area contributed by atoms with Gasteiger partial charge in [0.2, 0.25) is 0 Å². The van der Waals surface area contributed by atoms with Crippen molar-refractivity contribution >= 4 is 0 Å². The van der Waals surface area contributed by atoms with Crippen LogP contribution in [-0.2, 0) is 0 Å². The molecule has 2 fully saturated rings. The van der Waals surface area contributed by atoms with Crippen LogP contribution in [0.4, 0.5) is 0 Å². The quantitative estimate of drug-likeness (QED) is 0.798. The largest absolute Gasteiger partial charge is 0.299 e. The van der Waals surface area contributed by atoms with Crippen LogP contribution < -0.4 is 5.32 Å². The van der Waals surface area contributed by atoms with Gasteiger partial charge in [0.15, 0.2) is 0 Å². The predicted molar refractivity (Wildman–Crippen MR) is 76.8 cm³/mol. The molecule has 0 aliphatic carbocycles. The van der Waals surface area contributed by atoms with Gasteiger partial charge in [-0.05, 0) is 27.7 Å². The van der Waals surface area contributed by atoms with Crippen LogP contribution in [0.1, 0.15) is 27.7 Å². The smallest absolute Gasteiger partial charge is 0.0729 e. The molecule has 2 saturated heterocycles. The average molecular weight is 254 g/mol. The molecule has 2 rings (SSSR count). The molecule has 4 heteroatoms. The molecule has 2 aliphatic rings. The highest BCUT2D eigenvalue weighted by molar-refractivity contribution is 4.84. The summed E-state index contributed by atoms with van der Waals surface area (Å²) >= 11 is 0. The maximum atomic E-state index is 3.68. The van der Waals surface area contributed by atoms with Crippen molar-refractivity contribution in [3.8, 4) is 0 Å². The fourth-order valence-electron chi connectivity index (χ4n) is 3.03. The third-order valence-corrected chi connectivity index (χ3v) is 4.44. The van der Waals surface area contributed by atoms with Gasteiger partial charge >= 0.3 is 0 Å². The Labute approximate surface area is 112 Å². The van der Waals surface area contributed by atoms with Gasteiger partial charge in [0.1, 0.15) is 0 Å². The highest BCUT2D eigenvalue weighted by atomic mass is 15.4. The van der Waals surface area contributed by atoms with Crippen molar-refractivity contribution in [3.05, 3.63) is 0 Å². The number of hydrogen-bond donors (Lipinski definition) is 1. The molecule has 1 N–H and O–H groups in total. The molecular formula is C14H30N4. The van der Waals surface area contributed by atoms with E-state index >= 15 is 0 Å². The second-order valence-electron chi connectivity index (χ2n) is 6.22. The molecule has 0 spiro atoms. The molecule has 18 heavy (non-hydrogen) atoms. The molecule has 1 unspecified atom stereocenters. The lowest BCUT2D eigenvalue weighted by molar-refractivity contribution is 0.0253. The summed E-state index contributed by atoms with van der Waals surface area (Å²) in [6, 6.07) is 1.37. The standard InChI is InChI=1S/C14H30N4/c1-12(2)16-7-9-17(10-8-16)14-11-18(13(3)4)6-5-15-14/h12-15H,5-11H2,1-4H3. The van der Waals surface area contributed by atoms with Crippen LogP contribution in [0, 0.1) is 0 Å². The van der Waals surface area contributed by atoms with Gasteiger partial charge in [-0.15, -0.1) is 0 Å². The molecule has 0 aromatic rings. The van der Waals surface area contributed by atoms with Crippen LogP contribution in [-0.4, -0.2) is 78.8 Å². The maximum absolute atomic E-state index is 3.68. The minimum atomic E-state index is 0.565. The number of nitrogens with zero attached hydrogens (tertiary/aromatic N) is 3. The summed E-state index contributed by atoms with van der Waals surface area (Å²) in [6.07, 6.45) is 0.565. The van der Waals surface area contributed by atoms with Crippen molar-refractivity contribution in [2.45, 2.75) is 45.9 Å². The first-order chi connectivity index (χ1) is 8.58. The second-order valence-corrected chi connectivity index (χ2v) is 6.22. The Bertz CT molecular complexity index is 246. The van der Waals surface area contributed by atoms with E-state index in [4.69, 9.17) is 0 Å². The Hall–Kier alpha value is -0.160. The van der Waals surface area contributed by atoms with Crippen molar-refractivity contribution in [1.29, 1.82) is 0 Å². The molecular weight excluding hydrogens is 224 g/mol. The lowest BCUT2D eigenvalue weighted by Crippen LogP contribution is -2.63. The monoisotopic (exact) mass is 254 g/mol. The third-order valence-electron chi connectivity index (χ3n) is 4.44. The number of rotatable bonds is 3. The summed E-state index contributed by atoms with van der Waals surface area (Å²) in [5.74, 6) is 0. The molecule has 0 saturated carbocycles. The molecule has 106 valence electrons. The van der Waals surface area contributed by atoms with Gasteiger partial charge in [-0.2, -0.15) is 0 Å². The predicted octanol–water partition coefficient (Wildman–Crippen LogP) is 0.652. The summed E-state index contributed by atoms with van der Waals surface area (Å²) in [5.41, 5.74) is 0. The molecule has 4 nitrogen and oxygen atoms in total. The molecule has 1 atom stereocenters. The maximum Gasteiger partial charge on any atom is 0.0729 e. The van der Waals surface area contributed by atoms with E-state index in [9.17, 15) is 0 Å². The summed E-state index contributed by atoms with van der Waals surface area (Å²) in [5, 5.41) is 3.68. The topological polar surface area (TPSA) is 21.8 Å². The van der Waals surface area contributed by atoms with Crippen molar-refractivity contribution < 1.29 is 0 Å². The van der Waals surface area contributed by atoms with E-state index in [0.29, 0.717) is 18.2 Å². The summed E-state index contributed by atoms with van der Waals surface area (Å²) in [6.45, 7) is 17.6. The van der Waals surface area contributed by atoms with Gasteiger partial charge in [0, 0.05) is 57.9 Å². The number of nitrogens with one attached hydrogen (secondary N) is 1. The second kappa shape index (κ2) is 6.33. The molecule has 2 heterocycles. The van der Waals surface area contributed by atoms with Gasteiger partial charge in [-0.1, -0.05) is 0 Å². The van der Waals surface area contributed by atoms with E-state index in [1.165, 1.54) is 39.3 Å². The van der Waals surface area contributed by atoms with E-state index in [-0.39, 0.29) is 0 Å². The summed E-state index contributed by atoms with van der Waals surface area (Å²) < 4.78 is 0. The van der Waals surface area contributed by atoms with E-state index in [1.807, 2.05) is 0 Å². The summed E-state index contributed by atoms with van der Waals surface area (Å²) in [4.78, 5) is 7.81. The van der Waals surface area contributed by atoms with Crippen molar-refractivity contribution in [2.75, 3.05) is 45.8 Å². The minimum absolute atomic E-state index is 0.565. The zero-order chi connectivity index (χ0) is 13.1. The van der Waals surface area contributed by atoms with Crippen LogP contribution in [0.3, 0.4) is 0 Å². The van der Waals surface area contributed by atoms with Crippen LogP contribution in [0.25, 0.3) is 0 Å². The van der Waals surface area contributed by atoms with E-state index < -0.39 is 0 Å². The molecule has 0 aromatic carbocycles. The zero-order valence-corrected chi connectivity index (χ0v) is 12.5.